The molecule has 0 aromatic heterocycles. The molecule has 0 heterocycles. The van der Waals surface area contributed by atoms with Crippen molar-refractivity contribution < 1.29 is 33.3 Å². The van der Waals surface area contributed by atoms with Gasteiger partial charge in [-0.2, -0.15) is 8.78 Å². The van der Waals surface area contributed by atoms with E-state index in [1.807, 2.05) is 0 Å². The van der Waals surface area contributed by atoms with Gasteiger partial charge in [-0.3, -0.25) is 4.79 Å². The van der Waals surface area contributed by atoms with Crippen molar-refractivity contribution in [2.45, 2.75) is 97.3 Å². The van der Waals surface area contributed by atoms with Gasteiger partial charge in [0.05, 0.1) is 11.3 Å². The van der Waals surface area contributed by atoms with Gasteiger partial charge in [-0.15, -0.1) is 0 Å². The number of nitrogens with one attached hydrogen (secondary N) is 1. The van der Waals surface area contributed by atoms with E-state index in [4.69, 9.17) is 0 Å². The van der Waals surface area contributed by atoms with Gasteiger partial charge in [0.1, 0.15) is 0 Å². The van der Waals surface area contributed by atoms with Crippen molar-refractivity contribution in [2.24, 2.45) is 5.92 Å². The van der Waals surface area contributed by atoms with Crippen LogP contribution in [0.4, 0.5) is 17.6 Å². The molecular formula is C27H37F4NO3. The van der Waals surface area contributed by atoms with Crippen LogP contribution in [0, 0.1) is 29.2 Å². The van der Waals surface area contributed by atoms with Crippen LogP contribution >= 0.6 is 0 Å². The lowest BCUT2D eigenvalue weighted by Crippen LogP contribution is -2.33. The van der Waals surface area contributed by atoms with Gasteiger partial charge in [-0.25, -0.2) is 13.6 Å². The Morgan fingerprint density at radius 3 is 1.94 bits per heavy atom. The van der Waals surface area contributed by atoms with E-state index in [0.29, 0.717) is 5.70 Å². The van der Waals surface area contributed by atoms with Crippen LogP contribution in [-0.4, -0.2) is 11.9 Å². The van der Waals surface area contributed by atoms with Crippen LogP contribution in [-0.2, 0) is 9.59 Å². The SMILES string of the molecule is CCCCCCCCC(CCCCCC)C(=O)NC1=C=C(C(=O)Oc2c(F)c(F)cc(F)c2F)C1.[HH]. The van der Waals surface area contributed by atoms with Crippen LogP contribution in [0.3, 0.4) is 0 Å². The van der Waals surface area contributed by atoms with Gasteiger partial charge in [-0.05, 0) is 12.8 Å². The number of amides is 1. The lowest BCUT2D eigenvalue weighted by Gasteiger charge is -2.20. The zero-order chi connectivity index (χ0) is 25.8. The summed E-state index contributed by atoms with van der Waals surface area (Å²) in [5.41, 5.74) is 2.90. The summed E-state index contributed by atoms with van der Waals surface area (Å²) in [5.74, 6) is -9.83. The molecular weight excluding hydrogens is 462 g/mol. The standard InChI is InChI=1S/C27H35F4NO3.H2/c1-3-5-7-9-10-12-14-18(13-11-8-6-4-2)26(33)32-20-15-19(16-20)27(34)35-25-23(30)21(28)17-22(29)24(25)31;/h17-18H,3-15H2,1-2H3,(H,32,33);1H. The highest BCUT2D eigenvalue weighted by Crippen LogP contribution is 2.29. The minimum atomic E-state index is -1.80. The van der Waals surface area contributed by atoms with Crippen LogP contribution < -0.4 is 10.1 Å². The van der Waals surface area contributed by atoms with Gasteiger partial charge in [0, 0.05) is 19.8 Å². The fourth-order valence-corrected chi connectivity index (χ4v) is 3.98. The lowest BCUT2D eigenvalue weighted by molar-refractivity contribution is -0.131. The van der Waals surface area contributed by atoms with E-state index in [0.717, 1.165) is 57.8 Å². The molecule has 1 aromatic carbocycles. The zero-order valence-corrected chi connectivity index (χ0v) is 20.6. The van der Waals surface area contributed by atoms with E-state index in [1.165, 1.54) is 19.3 Å². The Bertz CT molecular complexity index is 935. The normalized spacial score (nSPS) is 13.5. The number of carbonyl (C=O) groups excluding carboxylic acids is 2. The molecule has 0 bridgehead atoms. The quantitative estimate of drug-likeness (QED) is 0.0634. The Kier molecular flexibility index (Phi) is 12.0. The van der Waals surface area contributed by atoms with E-state index in [-0.39, 0.29) is 31.3 Å². The molecule has 1 aliphatic carbocycles. The Hall–Kier alpha value is -2.60. The maximum Gasteiger partial charge on any atom is 0.347 e. The molecule has 35 heavy (non-hydrogen) atoms. The van der Waals surface area contributed by atoms with Crippen molar-refractivity contribution >= 4 is 11.9 Å². The number of unbranched alkanes of at least 4 members (excludes halogenated alkanes) is 8. The number of carbonyl (C=O) groups is 2. The van der Waals surface area contributed by atoms with Crippen molar-refractivity contribution in [1.29, 1.82) is 0 Å². The average molecular weight is 500 g/mol. The van der Waals surface area contributed by atoms with E-state index in [1.54, 1.807) is 0 Å². The van der Waals surface area contributed by atoms with Crippen LogP contribution in [0.25, 0.3) is 0 Å². The van der Waals surface area contributed by atoms with Gasteiger partial charge in [0.2, 0.25) is 23.3 Å². The summed E-state index contributed by atoms with van der Waals surface area (Å²) in [4.78, 5) is 24.9. The highest BCUT2D eigenvalue weighted by molar-refractivity contribution is 5.93. The molecule has 1 amide bonds. The predicted molar refractivity (Wildman–Crippen MR) is 128 cm³/mol. The Labute approximate surface area is 206 Å². The third-order valence-electron chi connectivity index (χ3n) is 6.13. The molecule has 1 atom stereocenters. The molecule has 196 valence electrons. The molecule has 1 unspecified atom stereocenters. The fourth-order valence-electron chi connectivity index (χ4n) is 3.98. The molecule has 0 fully saturated rings. The Morgan fingerprint density at radius 2 is 1.40 bits per heavy atom. The van der Waals surface area contributed by atoms with Gasteiger partial charge in [-0.1, -0.05) is 83.8 Å². The predicted octanol–water partition coefficient (Wildman–Crippen LogP) is 7.66. The minimum absolute atomic E-state index is 0. The van der Waals surface area contributed by atoms with Gasteiger partial charge in [0.25, 0.3) is 0 Å². The zero-order valence-electron chi connectivity index (χ0n) is 20.6. The maximum absolute atomic E-state index is 13.7. The monoisotopic (exact) mass is 499 g/mol. The van der Waals surface area contributed by atoms with Crippen LogP contribution in [0.15, 0.2) is 23.1 Å². The minimum Gasteiger partial charge on any atom is -0.416 e. The first-order valence-electron chi connectivity index (χ1n) is 12.6. The first kappa shape index (κ1) is 28.6. The first-order chi connectivity index (χ1) is 16.8. The van der Waals surface area contributed by atoms with E-state index in [2.05, 4.69) is 29.6 Å². The smallest absolute Gasteiger partial charge is 0.347 e. The number of hydrogen-bond acceptors (Lipinski definition) is 3. The third-order valence-corrected chi connectivity index (χ3v) is 6.13. The first-order valence-corrected chi connectivity index (χ1v) is 12.6. The molecule has 2 rings (SSSR count). The second kappa shape index (κ2) is 14.7. The molecule has 1 N–H and O–H groups in total. The van der Waals surface area contributed by atoms with Crippen molar-refractivity contribution in [1.82, 2.24) is 5.32 Å². The Morgan fingerprint density at radius 1 is 0.914 bits per heavy atom. The largest absolute Gasteiger partial charge is 0.416 e. The van der Waals surface area contributed by atoms with Crippen molar-refractivity contribution in [3.63, 3.8) is 0 Å². The van der Waals surface area contributed by atoms with Crippen molar-refractivity contribution in [3.8, 4) is 5.75 Å². The number of benzene rings is 1. The lowest BCUT2D eigenvalue weighted by atomic mass is 9.92. The highest BCUT2D eigenvalue weighted by atomic mass is 19.2. The van der Waals surface area contributed by atoms with Crippen LogP contribution in [0.2, 0.25) is 0 Å². The van der Waals surface area contributed by atoms with E-state index < -0.39 is 35.0 Å². The summed E-state index contributed by atoms with van der Waals surface area (Å²) in [6.07, 6.45) is 12.7. The summed E-state index contributed by atoms with van der Waals surface area (Å²) in [6.45, 7) is 4.30. The third kappa shape index (κ3) is 8.84. The van der Waals surface area contributed by atoms with Gasteiger partial charge in [0.15, 0.2) is 11.6 Å². The molecule has 8 heteroatoms. The molecule has 0 radical (unpaired) electrons. The number of rotatable bonds is 16. The fraction of sp³-hybridized carbons (Fsp3) is 0.593. The summed E-state index contributed by atoms with van der Waals surface area (Å²) >= 11 is 0. The molecule has 1 aromatic rings. The van der Waals surface area contributed by atoms with Gasteiger partial charge >= 0.3 is 5.97 Å². The highest BCUT2D eigenvalue weighted by Gasteiger charge is 2.28. The van der Waals surface area contributed by atoms with E-state index in [9.17, 15) is 27.2 Å². The summed E-state index contributed by atoms with van der Waals surface area (Å²) in [6, 6.07) is 0.0298. The second-order valence-electron chi connectivity index (χ2n) is 9.04. The molecule has 0 aliphatic heterocycles. The van der Waals surface area contributed by atoms with Crippen LogP contribution in [0.1, 0.15) is 98.7 Å². The number of ether oxygens (including phenoxy) is 1. The topological polar surface area (TPSA) is 55.4 Å². The molecule has 1 aliphatic rings. The Balaban J connectivity index is 0.00000648. The summed E-state index contributed by atoms with van der Waals surface area (Å²) in [5, 5.41) is 2.78. The molecule has 0 spiro atoms. The molecule has 0 saturated heterocycles. The van der Waals surface area contributed by atoms with Gasteiger partial charge < -0.3 is 10.1 Å². The molecule has 0 saturated carbocycles. The van der Waals surface area contributed by atoms with E-state index >= 15 is 0 Å². The van der Waals surface area contributed by atoms with Crippen LogP contribution in [0.5, 0.6) is 5.75 Å². The summed E-state index contributed by atoms with van der Waals surface area (Å²) in [7, 11) is 0. The van der Waals surface area contributed by atoms with Crippen molar-refractivity contribution in [2.75, 3.05) is 0 Å². The second-order valence-corrected chi connectivity index (χ2v) is 9.04. The van der Waals surface area contributed by atoms with Crippen molar-refractivity contribution in [3.05, 3.63) is 46.3 Å². The number of hydrogen-bond donors (Lipinski definition) is 1. The molecule has 4 nitrogen and oxygen atoms in total. The summed E-state index contributed by atoms with van der Waals surface area (Å²) < 4.78 is 58.5. The number of esters is 1. The average Bonchev–Trinajstić information content (AvgIpc) is 2.80. The number of halogens is 4. The maximum atomic E-state index is 13.7.